The molecule has 122 valence electrons. The van der Waals surface area contributed by atoms with Crippen LogP contribution in [-0.2, 0) is 0 Å². The van der Waals surface area contributed by atoms with E-state index in [4.69, 9.17) is 0 Å². The lowest BCUT2D eigenvalue weighted by Crippen LogP contribution is -2.16. The summed E-state index contributed by atoms with van der Waals surface area (Å²) < 4.78 is 0. The molecule has 2 rings (SSSR count). The van der Waals surface area contributed by atoms with E-state index in [0.717, 1.165) is 36.4 Å². The van der Waals surface area contributed by atoms with Gasteiger partial charge in [0.1, 0.15) is 5.69 Å². The van der Waals surface area contributed by atoms with E-state index in [1.165, 1.54) is 0 Å². The van der Waals surface area contributed by atoms with E-state index in [1.54, 1.807) is 12.3 Å². The maximum Gasteiger partial charge on any atom is 0.274 e. The molecule has 0 fully saturated rings. The zero-order valence-corrected chi connectivity index (χ0v) is 14.0. The third-order valence-corrected chi connectivity index (χ3v) is 3.42. The van der Waals surface area contributed by atoms with Gasteiger partial charge in [-0.3, -0.25) is 4.79 Å². The molecule has 0 aliphatic carbocycles. The number of hydrogen-bond donors (Lipinski definition) is 2. The Hall–Kier alpha value is -2.40. The first-order valence-electron chi connectivity index (χ1n) is 7.77. The van der Waals surface area contributed by atoms with Crippen LogP contribution in [0.5, 0.6) is 0 Å². The maximum atomic E-state index is 12.1. The van der Waals surface area contributed by atoms with Gasteiger partial charge in [0.05, 0.1) is 11.9 Å². The third-order valence-electron chi connectivity index (χ3n) is 3.42. The number of nitrogens with zero attached hydrogens (tertiary/aromatic N) is 2. The molecule has 1 aromatic carbocycles. The molecule has 0 aliphatic rings. The summed E-state index contributed by atoms with van der Waals surface area (Å²) in [6.45, 7) is 3.93. The Morgan fingerprint density at radius 2 is 1.78 bits per heavy atom. The standard InChI is InChI=1S/C18H24N4O/c1-14-5-7-15(8-6-14)21-18(23)17-10-9-16(13-20-17)19-11-4-12-22(2)3/h5-10,13,19H,4,11-12H2,1-3H3,(H,21,23). The predicted molar refractivity (Wildman–Crippen MR) is 95.0 cm³/mol. The minimum atomic E-state index is -0.201. The first-order valence-corrected chi connectivity index (χ1v) is 7.77. The highest BCUT2D eigenvalue weighted by Gasteiger charge is 2.07. The summed E-state index contributed by atoms with van der Waals surface area (Å²) in [5.41, 5.74) is 3.26. The number of pyridine rings is 1. The number of amides is 1. The Morgan fingerprint density at radius 1 is 1.09 bits per heavy atom. The van der Waals surface area contributed by atoms with Gasteiger partial charge in [-0.15, -0.1) is 0 Å². The summed E-state index contributed by atoms with van der Waals surface area (Å²) >= 11 is 0. The van der Waals surface area contributed by atoms with E-state index < -0.39 is 0 Å². The van der Waals surface area contributed by atoms with Crippen LogP contribution in [0.15, 0.2) is 42.6 Å². The van der Waals surface area contributed by atoms with E-state index in [2.05, 4.69) is 34.6 Å². The van der Waals surface area contributed by atoms with E-state index in [0.29, 0.717) is 5.69 Å². The Morgan fingerprint density at radius 3 is 2.39 bits per heavy atom. The van der Waals surface area contributed by atoms with E-state index in [1.807, 2.05) is 37.3 Å². The Balaban J connectivity index is 1.86. The van der Waals surface area contributed by atoms with E-state index in [-0.39, 0.29) is 5.91 Å². The van der Waals surface area contributed by atoms with Crippen molar-refractivity contribution in [2.45, 2.75) is 13.3 Å². The van der Waals surface area contributed by atoms with Gasteiger partial charge in [0.15, 0.2) is 0 Å². The molecular weight excluding hydrogens is 288 g/mol. The van der Waals surface area contributed by atoms with Crippen molar-refractivity contribution in [3.05, 3.63) is 53.9 Å². The molecule has 0 spiro atoms. The zero-order valence-electron chi connectivity index (χ0n) is 14.0. The second-order valence-electron chi connectivity index (χ2n) is 5.84. The van der Waals surface area contributed by atoms with Crippen LogP contribution in [0.1, 0.15) is 22.5 Å². The second-order valence-corrected chi connectivity index (χ2v) is 5.84. The van der Waals surface area contributed by atoms with Crippen LogP contribution < -0.4 is 10.6 Å². The van der Waals surface area contributed by atoms with Gasteiger partial charge in [0.2, 0.25) is 0 Å². The van der Waals surface area contributed by atoms with Crippen molar-refractivity contribution in [1.82, 2.24) is 9.88 Å². The summed E-state index contributed by atoms with van der Waals surface area (Å²) in [4.78, 5) is 18.5. The van der Waals surface area contributed by atoms with Crippen LogP contribution >= 0.6 is 0 Å². The number of aryl methyl sites for hydroxylation is 1. The molecule has 5 heteroatoms. The van der Waals surface area contributed by atoms with Crippen LogP contribution in [0.4, 0.5) is 11.4 Å². The highest BCUT2D eigenvalue weighted by Crippen LogP contribution is 2.11. The van der Waals surface area contributed by atoms with Crippen LogP contribution in [0, 0.1) is 6.92 Å². The van der Waals surface area contributed by atoms with Crippen molar-refractivity contribution >= 4 is 17.3 Å². The zero-order chi connectivity index (χ0) is 16.7. The van der Waals surface area contributed by atoms with Gasteiger partial charge >= 0.3 is 0 Å². The molecule has 0 atom stereocenters. The minimum absolute atomic E-state index is 0.201. The predicted octanol–water partition coefficient (Wildman–Crippen LogP) is 3.01. The number of carbonyl (C=O) groups is 1. The fourth-order valence-corrected chi connectivity index (χ4v) is 2.09. The molecular formula is C18H24N4O. The van der Waals surface area contributed by atoms with Crippen molar-refractivity contribution in [2.75, 3.05) is 37.8 Å². The van der Waals surface area contributed by atoms with Gasteiger partial charge in [-0.05, 0) is 58.3 Å². The monoisotopic (exact) mass is 312 g/mol. The van der Waals surface area contributed by atoms with Gasteiger partial charge in [-0.25, -0.2) is 4.98 Å². The second kappa shape index (κ2) is 8.29. The van der Waals surface area contributed by atoms with Crippen LogP contribution in [0.3, 0.4) is 0 Å². The average Bonchev–Trinajstić information content (AvgIpc) is 2.54. The molecule has 5 nitrogen and oxygen atoms in total. The lowest BCUT2D eigenvalue weighted by molar-refractivity contribution is 0.102. The number of carbonyl (C=O) groups excluding carboxylic acids is 1. The summed E-state index contributed by atoms with van der Waals surface area (Å²) in [6.07, 6.45) is 2.75. The van der Waals surface area contributed by atoms with Gasteiger partial charge in [-0.2, -0.15) is 0 Å². The summed E-state index contributed by atoms with van der Waals surface area (Å²) in [5, 5.41) is 6.14. The SMILES string of the molecule is Cc1ccc(NC(=O)c2ccc(NCCCN(C)C)cn2)cc1. The number of aromatic nitrogens is 1. The fraction of sp³-hybridized carbons (Fsp3) is 0.333. The normalized spacial score (nSPS) is 10.6. The minimum Gasteiger partial charge on any atom is -0.384 e. The lowest BCUT2D eigenvalue weighted by atomic mass is 10.2. The van der Waals surface area contributed by atoms with Crippen LogP contribution in [0.2, 0.25) is 0 Å². The lowest BCUT2D eigenvalue weighted by Gasteiger charge is -2.10. The molecule has 1 aromatic heterocycles. The van der Waals surface area contributed by atoms with Crippen LogP contribution in [0.25, 0.3) is 0 Å². The number of anilines is 2. The van der Waals surface area contributed by atoms with Crippen molar-refractivity contribution in [3.63, 3.8) is 0 Å². The van der Waals surface area contributed by atoms with Gasteiger partial charge in [0.25, 0.3) is 5.91 Å². The molecule has 1 heterocycles. The molecule has 0 saturated carbocycles. The van der Waals surface area contributed by atoms with Crippen molar-refractivity contribution in [3.8, 4) is 0 Å². The molecule has 0 unspecified atom stereocenters. The first kappa shape index (κ1) is 17.0. The Labute approximate surface area is 137 Å². The molecule has 2 N–H and O–H groups in total. The largest absolute Gasteiger partial charge is 0.384 e. The van der Waals surface area contributed by atoms with Crippen LogP contribution in [-0.4, -0.2) is 43.0 Å². The van der Waals surface area contributed by atoms with Crippen molar-refractivity contribution < 1.29 is 4.79 Å². The Bertz CT molecular complexity index is 620. The highest BCUT2D eigenvalue weighted by atomic mass is 16.1. The summed E-state index contributed by atoms with van der Waals surface area (Å²) in [5.74, 6) is -0.201. The maximum absolute atomic E-state index is 12.1. The van der Waals surface area contributed by atoms with Crippen molar-refractivity contribution in [1.29, 1.82) is 0 Å². The van der Waals surface area contributed by atoms with E-state index >= 15 is 0 Å². The number of benzene rings is 1. The fourth-order valence-electron chi connectivity index (χ4n) is 2.09. The van der Waals surface area contributed by atoms with Gasteiger partial charge in [-0.1, -0.05) is 17.7 Å². The van der Waals surface area contributed by atoms with E-state index in [9.17, 15) is 4.79 Å². The summed E-state index contributed by atoms with van der Waals surface area (Å²) in [7, 11) is 4.12. The molecule has 2 aromatic rings. The molecule has 1 amide bonds. The molecule has 23 heavy (non-hydrogen) atoms. The smallest absolute Gasteiger partial charge is 0.274 e. The van der Waals surface area contributed by atoms with Crippen molar-refractivity contribution in [2.24, 2.45) is 0 Å². The molecule has 0 bridgehead atoms. The average molecular weight is 312 g/mol. The highest BCUT2D eigenvalue weighted by molar-refractivity contribution is 6.02. The first-order chi connectivity index (χ1) is 11.0. The van der Waals surface area contributed by atoms with Gasteiger partial charge < -0.3 is 15.5 Å². The quantitative estimate of drug-likeness (QED) is 0.772. The number of rotatable bonds is 7. The van der Waals surface area contributed by atoms with Gasteiger partial charge in [0, 0.05) is 12.2 Å². The number of nitrogens with one attached hydrogen (secondary N) is 2. The molecule has 0 radical (unpaired) electrons. The summed E-state index contributed by atoms with van der Waals surface area (Å²) in [6, 6.07) is 11.3. The Kier molecular flexibility index (Phi) is 6.11. The molecule has 0 aliphatic heterocycles. The third kappa shape index (κ3) is 5.71. The molecule has 0 saturated heterocycles. The topological polar surface area (TPSA) is 57.3 Å². The number of hydrogen-bond acceptors (Lipinski definition) is 4.